The maximum Gasteiger partial charge on any atom is 0.173 e. The molecule has 4 rings (SSSR count). The number of tetrazole rings is 1. The van der Waals surface area contributed by atoms with Crippen molar-refractivity contribution in [3.8, 4) is 11.5 Å². The van der Waals surface area contributed by atoms with Crippen molar-refractivity contribution in [2.75, 3.05) is 46.9 Å². The molecule has 0 bridgehead atoms. The standard InChI is InChI=1S/C23H30N6O2.ClH/c1-4-27-12-14-28(15-13-27)22(20-16-19(30-2)10-11-21(20)31-3)23-24-25-26-29(23)17-18-8-6-5-7-9-18;/h5-11,16,22H,4,12-15,17H2,1-3H3;1H/p-1. The third-order valence-electron chi connectivity index (χ3n) is 5.93. The fraction of sp³-hybridized carbons (Fsp3) is 0.435. The second-order valence-electron chi connectivity index (χ2n) is 7.66. The van der Waals surface area contributed by atoms with Crippen LogP contribution in [0.5, 0.6) is 11.5 Å². The highest BCUT2D eigenvalue weighted by molar-refractivity contribution is 5.44. The molecule has 0 aliphatic carbocycles. The number of likely N-dealkylation sites (N-methyl/N-ethyl adjacent to an activating group) is 1. The van der Waals surface area contributed by atoms with E-state index in [2.05, 4.69) is 44.4 Å². The summed E-state index contributed by atoms with van der Waals surface area (Å²) in [4.78, 5) is 4.90. The van der Waals surface area contributed by atoms with Crippen molar-refractivity contribution in [1.82, 2.24) is 30.0 Å². The molecule has 0 N–H and O–H groups in total. The lowest BCUT2D eigenvalue weighted by molar-refractivity contribution is -0.00000714. The molecule has 3 aromatic rings. The number of methoxy groups -OCH3 is 2. The zero-order valence-corrected chi connectivity index (χ0v) is 19.6. The van der Waals surface area contributed by atoms with E-state index in [4.69, 9.17) is 9.47 Å². The van der Waals surface area contributed by atoms with Crippen LogP contribution in [0.2, 0.25) is 0 Å². The molecule has 0 spiro atoms. The lowest BCUT2D eigenvalue weighted by atomic mass is 10.0. The number of aromatic nitrogens is 4. The van der Waals surface area contributed by atoms with Crippen molar-refractivity contribution < 1.29 is 21.9 Å². The summed E-state index contributed by atoms with van der Waals surface area (Å²) in [7, 11) is 3.38. The largest absolute Gasteiger partial charge is 1.00 e. The van der Waals surface area contributed by atoms with E-state index in [0.29, 0.717) is 6.54 Å². The van der Waals surface area contributed by atoms with Crippen LogP contribution in [-0.2, 0) is 6.54 Å². The van der Waals surface area contributed by atoms with Gasteiger partial charge in [0.25, 0.3) is 0 Å². The van der Waals surface area contributed by atoms with Crippen molar-refractivity contribution in [1.29, 1.82) is 0 Å². The Morgan fingerprint density at radius 3 is 2.38 bits per heavy atom. The lowest BCUT2D eigenvalue weighted by Gasteiger charge is -2.38. The number of halogens is 1. The summed E-state index contributed by atoms with van der Waals surface area (Å²) in [6.45, 7) is 7.76. The molecule has 8 nitrogen and oxygen atoms in total. The quantitative estimate of drug-likeness (QED) is 0.450. The van der Waals surface area contributed by atoms with Gasteiger partial charge in [-0.25, -0.2) is 4.68 Å². The second kappa shape index (κ2) is 11.3. The van der Waals surface area contributed by atoms with Gasteiger partial charge in [0.2, 0.25) is 0 Å². The first kappa shape index (κ1) is 24.0. The summed E-state index contributed by atoms with van der Waals surface area (Å²) in [5.41, 5.74) is 2.17. The molecule has 2 aromatic carbocycles. The molecule has 1 aromatic heterocycles. The molecule has 1 unspecified atom stereocenters. The van der Waals surface area contributed by atoms with Gasteiger partial charge in [0.05, 0.1) is 20.8 Å². The van der Waals surface area contributed by atoms with Gasteiger partial charge in [0.1, 0.15) is 17.5 Å². The highest BCUT2D eigenvalue weighted by Crippen LogP contribution is 2.36. The Kier molecular flexibility index (Phi) is 8.44. The first-order chi connectivity index (χ1) is 15.2. The number of rotatable bonds is 8. The van der Waals surface area contributed by atoms with Crippen molar-refractivity contribution in [3.05, 3.63) is 65.5 Å². The van der Waals surface area contributed by atoms with Gasteiger partial charge < -0.3 is 26.8 Å². The summed E-state index contributed by atoms with van der Waals surface area (Å²) < 4.78 is 13.2. The average molecular weight is 458 g/mol. The number of hydrogen-bond acceptors (Lipinski definition) is 7. The lowest BCUT2D eigenvalue weighted by Crippen LogP contribution is -3.00. The topological polar surface area (TPSA) is 68.5 Å². The third-order valence-corrected chi connectivity index (χ3v) is 5.93. The van der Waals surface area contributed by atoms with Crippen LogP contribution in [0.15, 0.2) is 48.5 Å². The Hall–Kier alpha value is -2.68. The summed E-state index contributed by atoms with van der Waals surface area (Å²) in [6, 6.07) is 16.0. The summed E-state index contributed by atoms with van der Waals surface area (Å²) in [5.74, 6) is 2.40. The Bertz CT molecular complexity index is 976. The van der Waals surface area contributed by atoms with Crippen molar-refractivity contribution in [2.24, 2.45) is 0 Å². The van der Waals surface area contributed by atoms with Crippen molar-refractivity contribution in [2.45, 2.75) is 19.5 Å². The van der Waals surface area contributed by atoms with Crippen LogP contribution in [0.25, 0.3) is 0 Å². The summed E-state index contributed by atoms with van der Waals surface area (Å²) in [6.07, 6.45) is 0. The first-order valence-corrected chi connectivity index (χ1v) is 10.7. The molecule has 0 saturated carbocycles. The molecule has 0 amide bonds. The van der Waals surface area contributed by atoms with Crippen LogP contribution in [0, 0.1) is 0 Å². The summed E-state index contributed by atoms with van der Waals surface area (Å²) >= 11 is 0. The number of hydrogen-bond donors (Lipinski definition) is 0. The smallest absolute Gasteiger partial charge is 0.173 e. The average Bonchev–Trinajstić information content (AvgIpc) is 3.27. The van der Waals surface area contributed by atoms with Gasteiger partial charge in [-0.1, -0.05) is 37.3 Å². The van der Waals surface area contributed by atoms with E-state index in [1.165, 1.54) is 0 Å². The Morgan fingerprint density at radius 2 is 1.72 bits per heavy atom. The fourth-order valence-corrected chi connectivity index (χ4v) is 4.17. The minimum Gasteiger partial charge on any atom is -1.00 e. The van der Waals surface area contributed by atoms with E-state index in [1.807, 2.05) is 41.1 Å². The first-order valence-electron chi connectivity index (χ1n) is 10.7. The number of nitrogens with zero attached hydrogens (tertiary/aromatic N) is 6. The minimum atomic E-state index is -0.136. The molecular formula is C23H30ClN6O2-. The third kappa shape index (κ3) is 5.20. The molecule has 1 fully saturated rings. The highest BCUT2D eigenvalue weighted by Gasteiger charge is 2.32. The van der Waals surface area contributed by atoms with Crippen molar-refractivity contribution in [3.63, 3.8) is 0 Å². The molecule has 32 heavy (non-hydrogen) atoms. The van der Waals surface area contributed by atoms with Gasteiger partial charge >= 0.3 is 0 Å². The van der Waals surface area contributed by atoms with Crippen LogP contribution >= 0.6 is 0 Å². The van der Waals surface area contributed by atoms with Gasteiger partial charge in [-0.2, -0.15) is 0 Å². The molecule has 0 radical (unpaired) electrons. The van der Waals surface area contributed by atoms with E-state index in [0.717, 1.165) is 61.2 Å². The van der Waals surface area contributed by atoms with E-state index in [9.17, 15) is 0 Å². The van der Waals surface area contributed by atoms with Crippen LogP contribution in [-0.4, -0.2) is 77.0 Å². The Morgan fingerprint density at radius 1 is 0.969 bits per heavy atom. The minimum absolute atomic E-state index is 0. The molecule has 172 valence electrons. The monoisotopic (exact) mass is 457 g/mol. The molecule has 9 heteroatoms. The normalized spacial score (nSPS) is 15.7. The molecule has 2 heterocycles. The van der Waals surface area contributed by atoms with E-state index >= 15 is 0 Å². The number of ether oxygens (including phenoxy) is 2. The van der Waals surface area contributed by atoms with Crippen LogP contribution in [0.3, 0.4) is 0 Å². The van der Waals surface area contributed by atoms with E-state index in [1.54, 1.807) is 14.2 Å². The number of piperazine rings is 1. The van der Waals surface area contributed by atoms with Gasteiger partial charge in [-0.05, 0) is 40.7 Å². The fourth-order valence-electron chi connectivity index (χ4n) is 4.17. The predicted molar refractivity (Wildman–Crippen MR) is 118 cm³/mol. The molecular weight excluding hydrogens is 428 g/mol. The molecule has 1 saturated heterocycles. The maximum absolute atomic E-state index is 5.74. The van der Waals surface area contributed by atoms with E-state index < -0.39 is 0 Å². The number of benzene rings is 2. The van der Waals surface area contributed by atoms with Crippen LogP contribution in [0.1, 0.15) is 29.9 Å². The maximum atomic E-state index is 5.74. The van der Waals surface area contributed by atoms with Gasteiger partial charge in [0.15, 0.2) is 5.82 Å². The van der Waals surface area contributed by atoms with Crippen LogP contribution < -0.4 is 21.9 Å². The zero-order chi connectivity index (χ0) is 21.6. The van der Waals surface area contributed by atoms with Gasteiger partial charge in [-0.3, -0.25) is 4.90 Å². The zero-order valence-electron chi connectivity index (χ0n) is 18.8. The second-order valence-corrected chi connectivity index (χ2v) is 7.66. The molecule has 1 aliphatic heterocycles. The van der Waals surface area contributed by atoms with Gasteiger partial charge in [0, 0.05) is 31.7 Å². The molecule has 1 atom stereocenters. The highest BCUT2D eigenvalue weighted by atomic mass is 35.5. The van der Waals surface area contributed by atoms with Crippen molar-refractivity contribution >= 4 is 0 Å². The summed E-state index contributed by atoms with van der Waals surface area (Å²) in [5, 5.41) is 12.9. The van der Waals surface area contributed by atoms with Crippen LogP contribution in [0.4, 0.5) is 0 Å². The predicted octanol–water partition coefficient (Wildman–Crippen LogP) is -0.530. The Balaban J connectivity index is 0.00000289. The Labute approximate surface area is 195 Å². The molecule has 1 aliphatic rings. The van der Waals surface area contributed by atoms with E-state index in [-0.39, 0.29) is 18.4 Å². The van der Waals surface area contributed by atoms with Gasteiger partial charge in [-0.15, -0.1) is 5.10 Å². The SMILES string of the molecule is CCN1CCN(C(c2cc(OC)ccc2OC)c2nnnn2Cc2ccccc2)CC1.[Cl-].